The molecular weight excluding hydrogens is 416 g/mol. The zero-order valence-electron chi connectivity index (χ0n) is 17.9. The van der Waals surface area contributed by atoms with Crippen molar-refractivity contribution in [3.63, 3.8) is 0 Å². The Hall–Kier alpha value is -0.440. The molecule has 0 spiro atoms. The van der Waals surface area contributed by atoms with Crippen LogP contribution in [-0.2, 0) is 18.9 Å². The predicted octanol–water partition coefficient (Wildman–Crippen LogP) is -2.01. The van der Waals surface area contributed by atoms with Gasteiger partial charge in [0.25, 0.3) is 0 Å². The Bertz CT molecular complexity index is 496. The average molecular weight is 455 g/mol. The summed E-state index contributed by atoms with van der Waals surface area (Å²) in [6.07, 6.45) is -7.35. The topological polar surface area (TPSA) is 179 Å². The Labute approximate surface area is 182 Å². The van der Waals surface area contributed by atoms with Crippen LogP contribution in [0.2, 0.25) is 0 Å². The molecule has 2 fully saturated rings. The largest absolute Gasteiger partial charge is 0.394 e. The molecule has 0 aromatic rings. The van der Waals surface area contributed by atoms with Crippen molar-refractivity contribution in [2.45, 2.75) is 107 Å². The quantitative estimate of drug-likeness (QED) is 0.153. The first-order chi connectivity index (χ1) is 14.8. The van der Waals surface area contributed by atoms with E-state index in [9.17, 15) is 30.6 Å². The van der Waals surface area contributed by atoms with Gasteiger partial charge in [-0.05, 0) is 6.42 Å². The highest BCUT2D eigenvalue weighted by Crippen LogP contribution is 2.27. The normalized spacial score (nSPS) is 39.7. The minimum atomic E-state index is -1.53. The first kappa shape index (κ1) is 26.8. The van der Waals surface area contributed by atoms with Crippen LogP contribution in [0.1, 0.15) is 45.4 Å². The number of aliphatic hydroxyl groups excluding tert-OH is 7. The van der Waals surface area contributed by atoms with Crippen LogP contribution < -0.4 is 0 Å². The molecule has 0 radical (unpaired) electrons. The lowest BCUT2D eigenvalue weighted by Gasteiger charge is -2.40. The lowest BCUT2D eigenvalue weighted by molar-refractivity contribution is -0.310. The molecule has 2 aliphatic rings. The number of aliphatic hydroxyl groups is 7. The molecule has 0 aliphatic carbocycles. The van der Waals surface area contributed by atoms with Crippen molar-refractivity contribution in [3.8, 4) is 0 Å². The van der Waals surface area contributed by atoms with Crippen LogP contribution >= 0.6 is 0 Å². The van der Waals surface area contributed by atoms with E-state index in [0.29, 0.717) is 6.61 Å². The molecule has 0 aromatic carbocycles. The number of ether oxygens (including phenoxy) is 4. The molecule has 2 aliphatic heterocycles. The van der Waals surface area contributed by atoms with Crippen molar-refractivity contribution < 1.29 is 54.7 Å². The third-order valence-corrected chi connectivity index (χ3v) is 5.70. The molecule has 2 saturated heterocycles. The van der Waals surface area contributed by atoms with Crippen LogP contribution in [0.3, 0.4) is 0 Å². The van der Waals surface area contributed by atoms with Crippen molar-refractivity contribution in [1.29, 1.82) is 0 Å². The fourth-order valence-corrected chi connectivity index (χ4v) is 3.69. The molecule has 10 unspecified atom stereocenters. The van der Waals surface area contributed by atoms with Crippen molar-refractivity contribution in [1.82, 2.24) is 0 Å². The van der Waals surface area contributed by atoms with Crippen molar-refractivity contribution in [2.24, 2.45) is 0 Å². The summed E-state index contributed by atoms with van der Waals surface area (Å²) in [7, 11) is 0. The zero-order chi connectivity index (χ0) is 23.0. The summed E-state index contributed by atoms with van der Waals surface area (Å²) >= 11 is 0. The molecule has 10 atom stereocenters. The van der Waals surface area contributed by atoms with E-state index in [1.165, 1.54) is 6.42 Å². The molecule has 184 valence electrons. The van der Waals surface area contributed by atoms with Gasteiger partial charge in [-0.15, -0.1) is 0 Å². The van der Waals surface area contributed by atoms with Gasteiger partial charge in [-0.2, -0.15) is 0 Å². The van der Waals surface area contributed by atoms with E-state index in [1.54, 1.807) is 0 Å². The lowest BCUT2D eigenvalue weighted by Crippen LogP contribution is -2.59. The Kier molecular flexibility index (Phi) is 11.5. The van der Waals surface area contributed by atoms with Gasteiger partial charge in [0.05, 0.1) is 13.2 Å². The van der Waals surface area contributed by atoms with Crippen LogP contribution in [0, 0.1) is 0 Å². The molecule has 0 aromatic heterocycles. The highest BCUT2D eigenvalue weighted by Gasteiger charge is 2.48. The van der Waals surface area contributed by atoms with Crippen molar-refractivity contribution in [3.05, 3.63) is 0 Å². The van der Waals surface area contributed by atoms with Gasteiger partial charge < -0.3 is 54.7 Å². The van der Waals surface area contributed by atoms with Gasteiger partial charge in [-0.1, -0.05) is 39.0 Å². The molecule has 0 amide bonds. The standard InChI is InChI=1S/C20H38O11/c1-2-3-4-5-6-7-8-28-19-16(26)14(24)13(23)12(30-19)10-29-20-17(27)15(25)18(31-20)11(22)9-21/h11-27H,2-10H2,1H3. The third kappa shape index (κ3) is 7.27. The van der Waals surface area contributed by atoms with E-state index in [2.05, 4.69) is 6.92 Å². The molecule has 7 N–H and O–H groups in total. The Balaban J connectivity index is 1.81. The Morgan fingerprint density at radius 2 is 1.35 bits per heavy atom. The minimum absolute atomic E-state index is 0.321. The Morgan fingerprint density at radius 3 is 2.03 bits per heavy atom. The van der Waals surface area contributed by atoms with E-state index in [4.69, 9.17) is 24.1 Å². The lowest BCUT2D eigenvalue weighted by atomic mass is 9.99. The second kappa shape index (κ2) is 13.3. The van der Waals surface area contributed by atoms with E-state index in [-0.39, 0.29) is 6.61 Å². The molecule has 0 saturated carbocycles. The molecule has 0 bridgehead atoms. The SMILES string of the molecule is CCCCCCCCOC1OC(COC2OC(C(O)CO)C(O)C2O)C(O)C(O)C1O. The van der Waals surface area contributed by atoms with Gasteiger partial charge in [0.2, 0.25) is 0 Å². The van der Waals surface area contributed by atoms with E-state index >= 15 is 0 Å². The van der Waals surface area contributed by atoms with E-state index < -0.39 is 68.0 Å². The van der Waals surface area contributed by atoms with Crippen LogP contribution in [0.5, 0.6) is 0 Å². The molecule has 11 heteroatoms. The smallest absolute Gasteiger partial charge is 0.186 e. The number of hydrogen-bond acceptors (Lipinski definition) is 11. The van der Waals surface area contributed by atoms with Crippen LogP contribution in [-0.4, -0.2) is 117 Å². The molecule has 11 nitrogen and oxygen atoms in total. The zero-order valence-corrected chi connectivity index (χ0v) is 17.9. The van der Waals surface area contributed by atoms with Crippen molar-refractivity contribution in [2.75, 3.05) is 19.8 Å². The fraction of sp³-hybridized carbons (Fsp3) is 1.00. The van der Waals surface area contributed by atoms with Gasteiger partial charge in [0.1, 0.15) is 48.8 Å². The predicted molar refractivity (Wildman–Crippen MR) is 106 cm³/mol. The van der Waals surface area contributed by atoms with Crippen LogP contribution in [0.4, 0.5) is 0 Å². The maximum Gasteiger partial charge on any atom is 0.186 e. The average Bonchev–Trinajstić information content (AvgIpc) is 3.05. The van der Waals surface area contributed by atoms with Crippen LogP contribution in [0.25, 0.3) is 0 Å². The summed E-state index contributed by atoms with van der Waals surface area (Å²) in [5.74, 6) is 0. The highest BCUT2D eigenvalue weighted by atomic mass is 16.7. The third-order valence-electron chi connectivity index (χ3n) is 5.70. The summed E-state index contributed by atoms with van der Waals surface area (Å²) in [6.45, 7) is 1.44. The van der Waals surface area contributed by atoms with Gasteiger partial charge >= 0.3 is 0 Å². The number of hydrogen-bond donors (Lipinski definition) is 7. The highest BCUT2D eigenvalue weighted by molar-refractivity contribution is 4.92. The first-order valence-electron chi connectivity index (χ1n) is 11.0. The minimum Gasteiger partial charge on any atom is -0.394 e. The summed E-state index contributed by atoms with van der Waals surface area (Å²) in [5, 5.41) is 69.0. The Morgan fingerprint density at radius 1 is 0.742 bits per heavy atom. The molecule has 2 heterocycles. The monoisotopic (exact) mass is 454 g/mol. The van der Waals surface area contributed by atoms with E-state index in [0.717, 1.165) is 32.1 Å². The molecular formula is C20H38O11. The summed E-state index contributed by atoms with van der Waals surface area (Å²) in [5.41, 5.74) is 0. The van der Waals surface area contributed by atoms with Gasteiger partial charge in [-0.3, -0.25) is 0 Å². The second-order valence-electron chi connectivity index (χ2n) is 8.19. The maximum atomic E-state index is 10.2. The number of rotatable bonds is 13. The maximum absolute atomic E-state index is 10.2. The first-order valence-corrected chi connectivity index (χ1v) is 11.0. The molecule has 31 heavy (non-hydrogen) atoms. The summed E-state index contributed by atoms with van der Waals surface area (Å²) in [6, 6.07) is 0. The van der Waals surface area contributed by atoms with Crippen molar-refractivity contribution >= 4 is 0 Å². The van der Waals surface area contributed by atoms with Gasteiger partial charge in [-0.25, -0.2) is 0 Å². The number of unbranched alkanes of at least 4 members (excludes halogenated alkanes) is 5. The summed E-state index contributed by atoms with van der Waals surface area (Å²) in [4.78, 5) is 0. The van der Waals surface area contributed by atoms with E-state index in [1.807, 2.05) is 0 Å². The van der Waals surface area contributed by atoms with Gasteiger partial charge in [0.15, 0.2) is 12.6 Å². The second-order valence-corrected chi connectivity index (χ2v) is 8.19. The molecule has 2 rings (SSSR count). The summed E-state index contributed by atoms with van der Waals surface area (Å²) < 4.78 is 21.7. The van der Waals surface area contributed by atoms with Crippen LogP contribution in [0.15, 0.2) is 0 Å². The fourth-order valence-electron chi connectivity index (χ4n) is 3.69. The van der Waals surface area contributed by atoms with Gasteiger partial charge in [0, 0.05) is 6.61 Å².